The summed E-state index contributed by atoms with van der Waals surface area (Å²) in [6.07, 6.45) is 8.99. The number of carbonyl (C=O) groups is 4. The summed E-state index contributed by atoms with van der Waals surface area (Å²) < 4.78 is 41.7. The van der Waals surface area contributed by atoms with Crippen LogP contribution in [0.25, 0.3) is 33.3 Å². The first kappa shape index (κ1) is 50.1. The Labute approximate surface area is 429 Å². The highest BCUT2D eigenvalue weighted by atomic mass is 32.1. The molecule has 3 fully saturated rings. The lowest BCUT2D eigenvalue weighted by atomic mass is 9.82. The second-order valence-corrected chi connectivity index (χ2v) is 22.4. The molecule has 73 heavy (non-hydrogen) atoms. The summed E-state index contributed by atoms with van der Waals surface area (Å²) in [6, 6.07) is 9.77. The number of aliphatic imine (C=N–C) groups is 2. The second-order valence-electron chi connectivity index (χ2n) is 21.3. The molecule has 6 atom stereocenters. The van der Waals surface area contributed by atoms with Crippen molar-refractivity contribution in [3.05, 3.63) is 81.8 Å². The third-order valence-corrected chi connectivity index (χ3v) is 16.7. The highest BCUT2D eigenvalue weighted by Crippen LogP contribution is 2.49. The van der Waals surface area contributed by atoms with Crippen LogP contribution >= 0.6 is 11.3 Å². The number of rotatable bonds is 12. The van der Waals surface area contributed by atoms with E-state index in [4.69, 9.17) is 33.9 Å². The lowest BCUT2D eigenvalue weighted by molar-refractivity contribution is -0.138. The van der Waals surface area contributed by atoms with Crippen molar-refractivity contribution in [1.29, 1.82) is 0 Å². The van der Waals surface area contributed by atoms with E-state index < -0.39 is 41.9 Å². The number of amides is 4. The van der Waals surface area contributed by atoms with Crippen LogP contribution < -0.4 is 15.4 Å². The number of hydrogen-bond acceptors (Lipinski definition) is 12. The van der Waals surface area contributed by atoms with E-state index in [1.807, 2.05) is 62.0 Å². The van der Waals surface area contributed by atoms with Crippen molar-refractivity contribution >= 4 is 68.8 Å². The van der Waals surface area contributed by atoms with Gasteiger partial charge in [-0.2, -0.15) is 0 Å². The maximum atomic E-state index is 17.0. The van der Waals surface area contributed by atoms with Gasteiger partial charge in [-0.15, -0.1) is 11.3 Å². The van der Waals surface area contributed by atoms with Crippen molar-refractivity contribution in [3.8, 4) is 17.0 Å². The van der Waals surface area contributed by atoms with Crippen LogP contribution in [-0.2, 0) is 23.8 Å². The Morgan fingerprint density at radius 1 is 0.836 bits per heavy atom. The predicted molar refractivity (Wildman–Crippen MR) is 278 cm³/mol. The Morgan fingerprint density at radius 3 is 2.12 bits per heavy atom. The smallest absolute Gasteiger partial charge is 0.407 e. The maximum absolute atomic E-state index is 17.0. The molecule has 4 aromatic rings. The van der Waals surface area contributed by atoms with Gasteiger partial charge in [-0.3, -0.25) is 24.1 Å². The number of nitrogens with zero attached hydrogens (tertiary/aromatic N) is 6. The highest BCUT2D eigenvalue weighted by molar-refractivity contribution is 7.11. The molecule has 18 heteroatoms. The van der Waals surface area contributed by atoms with Gasteiger partial charge in [0.1, 0.15) is 23.7 Å². The molecule has 2 aromatic carbocycles. The zero-order valence-electron chi connectivity index (χ0n) is 42.8. The molecule has 3 saturated heterocycles. The predicted octanol–water partition coefficient (Wildman–Crippen LogP) is 9.63. The molecule has 16 nitrogen and oxygen atoms in total. The van der Waals surface area contributed by atoms with Gasteiger partial charge in [-0.25, -0.2) is 19.0 Å². The second kappa shape index (κ2) is 20.1. The van der Waals surface area contributed by atoms with Crippen LogP contribution in [0.4, 0.5) is 14.0 Å². The van der Waals surface area contributed by atoms with Gasteiger partial charge < -0.3 is 39.4 Å². The highest BCUT2D eigenvalue weighted by Gasteiger charge is 2.44. The number of hydrogen-bond donors (Lipinski definition) is 2. The normalized spacial score (nSPS) is 23.1. The van der Waals surface area contributed by atoms with E-state index in [1.54, 1.807) is 23.6 Å². The standard InChI is InChI=1S/C55H65FN8O8S/c1-29(2)47(60-53(67)69-7)50(65)62-16-9-11-41(62)39-22-36(27-58-39)33-20-37(56)46-43-23-34-19-31(13-14-40(34)64(43)52(72-44(46)24-33)45-28-59-49(73-45)30(3)4)35-21-38(57-26-35)42-12-10-17-63(42)51(66)48(61-54(68)70-8)32-15-18-71-55(5,6)25-32/h13-14,19-20,23-24,26-30,32,41-42,47-48,52H,9-12,15-18,21-22,25H2,1-8H3,(H,60,67)(H,61,68)/t32?,41-,42-,47-,48?,52?/m0/s1. The number of thiazole rings is 1. The van der Waals surface area contributed by atoms with Gasteiger partial charge >= 0.3 is 12.2 Å². The number of nitrogens with one attached hydrogen (secondary N) is 2. The summed E-state index contributed by atoms with van der Waals surface area (Å²) in [4.78, 5) is 72.2. The number of likely N-dealkylation sites (tertiary alicyclic amines) is 2. The molecule has 4 amide bonds. The SMILES string of the molecule is COC(=O)NC(C(=O)N1CCC[C@H]1C1=NC=C(c2ccc3c(c2)cc2n3C(c3cnc(C(C)C)s3)Oc3cc(C4=CN=C([C@@H]5CCCN5C(=O)[C@@H](NC(=O)OC)C(C)C)C4)cc(F)c3-2)C1)C1CCOC(C)(C)C1. The van der Waals surface area contributed by atoms with E-state index in [-0.39, 0.29) is 41.7 Å². The molecule has 10 rings (SSSR count). The fraction of sp³-hybridized carbons (Fsp3) is 0.509. The van der Waals surface area contributed by atoms with Crippen LogP contribution in [0.5, 0.6) is 5.75 Å². The maximum Gasteiger partial charge on any atom is 0.407 e. The number of benzene rings is 2. The first-order valence-electron chi connectivity index (χ1n) is 25.6. The molecule has 0 aliphatic carbocycles. The van der Waals surface area contributed by atoms with E-state index in [2.05, 4.69) is 47.2 Å². The lowest BCUT2D eigenvalue weighted by Gasteiger charge is -2.40. The molecule has 0 radical (unpaired) electrons. The minimum absolute atomic E-state index is 0.110. The Hall–Kier alpha value is -6.40. The summed E-state index contributed by atoms with van der Waals surface area (Å²) in [7, 11) is 2.59. The molecule has 0 spiro atoms. The van der Waals surface area contributed by atoms with Crippen LogP contribution in [0, 0.1) is 17.7 Å². The fourth-order valence-electron chi connectivity index (χ4n) is 11.6. The molecule has 6 aliphatic heterocycles. The molecule has 6 aliphatic rings. The third kappa shape index (κ3) is 9.68. The number of carbonyl (C=O) groups excluding carboxylic acids is 4. The number of ether oxygens (including phenoxy) is 4. The van der Waals surface area contributed by atoms with Crippen molar-refractivity contribution in [2.75, 3.05) is 33.9 Å². The van der Waals surface area contributed by atoms with Crippen molar-refractivity contribution in [2.45, 2.75) is 135 Å². The third-order valence-electron chi connectivity index (χ3n) is 15.3. The summed E-state index contributed by atoms with van der Waals surface area (Å²) in [5, 5.41) is 7.47. The number of aromatic nitrogens is 2. The van der Waals surface area contributed by atoms with Crippen LogP contribution in [0.1, 0.15) is 126 Å². The Bertz CT molecular complexity index is 2990. The molecule has 0 bridgehead atoms. The summed E-state index contributed by atoms with van der Waals surface area (Å²) in [6.45, 7) is 13.6. The monoisotopic (exact) mass is 1020 g/mol. The van der Waals surface area contributed by atoms with Crippen molar-refractivity contribution in [2.24, 2.45) is 21.8 Å². The lowest BCUT2D eigenvalue weighted by Crippen LogP contribution is -2.56. The Balaban J connectivity index is 0.904. The molecular weight excluding hydrogens is 952 g/mol. The van der Waals surface area contributed by atoms with E-state index in [9.17, 15) is 19.2 Å². The first-order chi connectivity index (χ1) is 35.0. The number of methoxy groups -OCH3 is 2. The summed E-state index contributed by atoms with van der Waals surface area (Å²) in [5.41, 5.74) is 6.66. The topological polar surface area (TPSA) is 178 Å². The van der Waals surface area contributed by atoms with Crippen molar-refractivity contribution in [3.63, 3.8) is 0 Å². The zero-order valence-corrected chi connectivity index (χ0v) is 43.6. The van der Waals surface area contributed by atoms with Gasteiger partial charge in [-0.1, -0.05) is 33.8 Å². The quantitative estimate of drug-likeness (QED) is 0.140. The summed E-state index contributed by atoms with van der Waals surface area (Å²) >= 11 is 1.58. The average Bonchev–Trinajstić information content (AvgIpc) is 4.23. The van der Waals surface area contributed by atoms with E-state index in [0.717, 1.165) is 74.6 Å². The van der Waals surface area contributed by atoms with Crippen molar-refractivity contribution < 1.29 is 42.5 Å². The molecule has 8 heterocycles. The van der Waals surface area contributed by atoms with Gasteiger partial charge in [0, 0.05) is 73.9 Å². The minimum atomic E-state index is -0.749. The van der Waals surface area contributed by atoms with Crippen LogP contribution in [0.2, 0.25) is 0 Å². The van der Waals surface area contributed by atoms with Crippen molar-refractivity contribution in [1.82, 2.24) is 30.0 Å². The van der Waals surface area contributed by atoms with Gasteiger partial charge in [0.05, 0.1) is 58.6 Å². The molecule has 386 valence electrons. The number of allylic oxidation sites excluding steroid dienone is 2. The van der Waals surface area contributed by atoms with E-state index in [1.165, 1.54) is 14.2 Å². The van der Waals surface area contributed by atoms with Crippen LogP contribution in [0.3, 0.4) is 0 Å². The Morgan fingerprint density at radius 2 is 1.49 bits per heavy atom. The zero-order chi connectivity index (χ0) is 51.5. The van der Waals surface area contributed by atoms with E-state index in [0.29, 0.717) is 68.0 Å². The van der Waals surface area contributed by atoms with Crippen LogP contribution in [0.15, 0.2) is 65.0 Å². The molecule has 3 unspecified atom stereocenters. The molecule has 2 aromatic heterocycles. The number of fused-ring (bicyclic) bond motifs is 5. The molecule has 2 N–H and O–H groups in total. The number of halogens is 1. The first-order valence-corrected chi connectivity index (χ1v) is 26.4. The minimum Gasteiger partial charge on any atom is -0.464 e. The Kier molecular flexibility index (Phi) is 13.8. The molecule has 0 saturated carbocycles. The van der Waals surface area contributed by atoms with Gasteiger partial charge in [-0.05, 0) is 117 Å². The average molecular weight is 1020 g/mol. The largest absolute Gasteiger partial charge is 0.464 e. The van der Waals surface area contributed by atoms with E-state index >= 15 is 4.39 Å². The van der Waals surface area contributed by atoms with Crippen LogP contribution in [-0.4, -0.2) is 118 Å². The number of alkyl carbamates (subject to hydrolysis) is 2. The molecular formula is C55H65FN8O8S. The van der Waals surface area contributed by atoms with Gasteiger partial charge in [0.25, 0.3) is 0 Å². The fourth-order valence-corrected chi connectivity index (χ4v) is 12.6. The van der Waals surface area contributed by atoms with Gasteiger partial charge in [0.15, 0.2) is 0 Å². The summed E-state index contributed by atoms with van der Waals surface area (Å²) in [5.74, 6) is -0.390. The van der Waals surface area contributed by atoms with Gasteiger partial charge in [0.2, 0.25) is 18.0 Å².